The molecule has 44 heavy (non-hydrogen) atoms. The molecule has 2 aromatic carbocycles. The van der Waals surface area contributed by atoms with Gasteiger partial charge in [0.25, 0.3) is 5.56 Å². The van der Waals surface area contributed by atoms with E-state index in [9.17, 15) is 13.2 Å². The van der Waals surface area contributed by atoms with Crippen molar-refractivity contribution in [3.05, 3.63) is 82.3 Å². The zero-order valence-corrected chi connectivity index (χ0v) is 26.7. The maximum atomic E-state index is 14.2. The summed E-state index contributed by atoms with van der Waals surface area (Å²) in [6.45, 7) is 3.66. The van der Waals surface area contributed by atoms with Crippen molar-refractivity contribution in [1.29, 1.82) is 0 Å². The van der Waals surface area contributed by atoms with Gasteiger partial charge >= 0.3 is 0 Å². The predicted octanol–water partition coefficient (Wildman–Crippen LogP) is 4.37. The molecule has 6 rings (SSSR count). The van der Waals surface area contributed by atoms with Gasteiger partial charge in [-0.15, -0.1) is 0 Å². The summed E-state index contributed by atoms with van der Waals surface area (Å²) in [5.74, 6) is 1.75. The van der Waals surface area contributed by atoms with E-state index in [-0.39, 0.29) is 18.6 Å². The molecule has 2 fully saturated rings. The number of aromatic nitrogens is 3. The summed E-state index contributed by atoms with van der Waals surface area (Å²) in [4.78, 5) is 23.6. The highest BCUT2D eigenvalue weighted by Gasteiger charge is 2.23. The Kier molecular flexibility index (Phi) is 9.34. The SMILES string of the molecule is CN(CCn1c(=O)c(-c2ccccc2C2CCOCC2)cc2cnc(Nc3ccc(C4CNCCS4)cc3)nc21)S(C)(=O)=O. The molecule has 10 nitrogen and oxygen atoms in total. The lowest BCUT2D eigenvalue weighted by Gasteiger charge is -2.25. The van der Waals surface area contributed by atoms with Gasteiger partial charge in [0.15, 0.2) is 0 Å². The fraction of sp³-hybridized carbons (Fsp3) is 0.406. The van der Waals surface area contributed by atoms with E-state index in [1.54, 1.807) is 10.8 Å². The topological polar surface area (TPSA) is 118 Å². The highest BCUT2D eigenvalue weighted by atomic mass is 32.2. The third-order valence-electron chi connectivity index (χ3n) is 8.41. The Morgan fingerprint density at radius 3 is 2.61 bits per heavy atom. The van der Waals surface area contributed by atoms with Crippen LogP contribution in [0.5, 0.6) is 0 Å². The standard InChI is InChI=1S/C32H38N6O4S2/c1-37(44(2,40)41)14-15-38-30-24(19-28(31(38)39)27-6-4-3-5-26(27)22-11-16-42-17-12-22)20-34-32(36-30)35-25-9-7-23(8-10-25)29-21-33-13-18-43-29/h3-10,19-20,22,29,33H,11-18,21H2,1-2H3,(H,34,35,36). The van der Waals surface area contributed by atoms with E-state index in [1.807, 2.05) is 48.2 Å². The molecular formula is C32H38N6O4S2. The van der Waals surface area contributed by atoms with E-state index in [0.29, 0.717) is 46.9 Å². The lowest BCUT2D eigenvalue weighted by atomic mass is 9.86. The molecule has 2 aliphatic heterocycles. The number of hydrogen-bond acceptors (Lipinski definition) is 9. The van der Waals surface area contributed by atoms with Crippen molar-refractivity contribution in [2.45, 2.75) is 30.6 Å². The van der Waals surface area contributed by atoms with Gasteiger partial charge < -0.3 is 15.4 Å². The molecule has 12 heteroatoms. The largest absolute Gasteiger partial charge is 0.381 e. The normalized spacial score (nSPS) is 18.1. The number of likely N-dealkylation sites (N-methyl/N-ethyl adjacent to an activating group) is 1. The third-order valence-corrected chi connectivity index (χ3v) is 11.0. The summed E-state index contributed by atoms with van der Waals surface area (Å²) in [5, 5.41) is 7.86. The second kappa shape index (κ2) is 13.4. The molecule has 2 aromatic heterocycles. The Labute approximate surface area is 262 Å². The number of sulfonamides is 1. The predicted molar refractivity (Wildman–Crippen MR) is 177 cm³/mol. The van der Waals surface area contributed by atoms with Crippen LogP contribution in [0.15, 0.2) is 65.6 Å². The number of benzene rings is 2. The zero-order valence-electron chi connectivity index (χ0n) is 25.0. The summed E-state index contributed by atoms with van der Waals surface area (Å²) in [7, 11) is -1.91. The van der Waals surface area contributed by atoms with Crippen molar-refractivity contribution in [3.8, 4) is 11.1 Å². The van der Waals surface area contributed by atoms with E-state index >= 15 is 0 Å². The molecule has 0 spiro atoms. The summed E-state index contributed by atoms with van der Waals surface area (Å²) < 4.78 is 32.8. The number of thioether (sulfide) groups is 1. The number of nitrogens with zero attached hydrogens (tertiary/aromatic N) is 4. The quantitative estimate of drug-likeness (QED) is 0.277. The second-order valence-electron chi connectivity index (χ2n) is 11.4. The molecule has 232 valence electrons. The van der Waals surface area contributed by atoms with Crippen LogP contribution in [0.2, 0.25) is 0 Å². The van der Waals surface area contributed by atoms with Crippen molar-refractivity contribution in [2.75, 3.05) is 57.2 Å². The first-order valence-corrected chi connectivity index (χ1v) is 17.9. The van der Waals surface area contributed by atoms with Gasteiger partial charge in [0.2, 0.25) is 16.0 Å². The fourth-order valence-corrected chi connectivity index (χ4v) is 7.37. The van der Waals surface area contributed by atoms with Gasteiger partial charge in [0, 0.05) is 80.3 Å². The molecule has 2 saturated heterocycles. The third kappa shape index (κ3) is 6.84. The Morgan fingerprint density at radius 2 is 1.89 bits per heavy atom. The van der Waals surface area contributed by atoms with E-state index in [4.69, 9.17) is 9.72 Å². The highest BCUT2D eigenvalue weighted by molar-refractivity contribution is 7.99. The number of anilines is 2. The maximum absolute atomic E-state index is 14.2. The lowest BCUT2D eigenvalue weighted by Crippen LogP contribution is -2.33. The molecule has 4 aromatic rings. The summed E-state index contributed by atoms with van der Waals surface area (Å²) in [6.07, 6.45) is 4.68. The molecule has 1 unspecified atom stereocenters. The molecule has 4 heterocycles. The van der Waals surface area contributed by atoms with Gasteiger partial charge in [0.1, 0.15) is 5.65 Å². The van der Waals surface area contributed by atoms with Gasteiger partial charge in [-0.3, -0.25) is 9.36 Å². The van der Waals surface area contributed by atoms with E-state index in [2.05, 4.69) is 33.8 Å². The lowest BCUT2D eigenvalue weighted by molar-refractivity contribution is 0.0854. The molecular weight excluding hydrogens is 597 g/mol. The van der Waals surface area contributed by atoms with E-state index in [0.717, 1.165) is 54.8 Å². The number of pyridine rings is 1. The smallest absolute Gasteiger partial charge is 0.260 e. The van der Waals surface area contributed by atoms with Crippen molar-refractivity contribution in [1.82, 2.24) is 24.2 Å². The average Bonchev–Trinajstić information content (AvgIpc) is 3.05. The van der Waals surface area contributed by atoms with Crippen LogP contribution in [-0.4, -0.2) is 79.2 Å². The van der Waals surface area contributed by atoms with E-state index < -0.39 is 10.0 Å². The van der Waals surface area contributed by atoms with Crippen LogP contribution in [0.3, 0.4) is 0 Å². The first-order chi connectivity index (χ1) is 21.3. The Bertz CT molecular complexity index is 1780. The van der Waals surface area contributed by atoms with Gasteiger partial charge in [-0.25, -0.2) is 17.7 Å². The number of nitrogens with one attached hydrogen (secondary N) is 2. The van der Waals surface area contributed by atoms with Gasteiger partial charge in [0.05, 0.1) is 6.26 Å². The Morgan fingerprint density at radius 1 is 1.11 bits per heavy atom. The molecule has 0 amide bonds. The van der Waals surface area contributed by atoms with Crippen molar-refractivity contribution in [3.63, 3.8) is 0 Å². The Balaban J connectivity index is 1.37. The van der Waals surface area contributed by atoms with Crippen LogP contribution >= 0.6 is 11.8 Å². The highest BCUT2D eigenvalue weighted by Crippen LogP contribution is 2.35. The van der Waals surface area contributed by atoms with Crippen LogP contribution in [0.1, 0.15) is 35.1 Å². The molecule has 1 atom stereocenters. The number of rotatable bonds is 9. The van der Waals surface area contributed by atoms with Crippen molar-refractivity contribution in [2.24, 2.45) is 0 Å². The molecule has 2 aliphatic rings. The van der Waals surface area contributed by atoms with Crippen LogP contribution in [0.4, 0.5) is 11.6 Å². The number of ether oxygens (including phenoxy) is 1. The first-order valence-electron chi connectivity index (χ1n) is 15.0. The minimum Gasteiger partial charge on any atom is -0.381 e. The minimum absolute atomic E-state index is 0.126. The zero-order chi connectivity index (χ0) is 30.7. The summed E-state index contributed by atoms with van der Waals surface area (Å²) in [5.41, 5.74) is 4.90. The summed E-state index contributed by atoms with van der Waals surface area (Å²) >= 11 is 1.96. The van der Waals surface area contributed by atoms with Gasteiger partial charge in [-0.2, -0.15) is 16.7 Å². The first kappa shape index (κ1) is 30.7. The molecule has 0 aliphatic carbocycles. The summed E-state index contributed by atoms with van der Waals surface area (Å²) in [6, 6.07) is 18.2. The fourth-order valence-electron chi connectivity index (χ4n) is 5.82. The van der Waals surface area contributed by atoms with E-state index in [1.165, 1.54) is 16.9 Å². The van der Waals surface area contributed by atoms with Crippen molar-refractivity contribution >= 4 is 44.5 Å². The average molecular weight is 635 g/mol. The molecule has 2 N–H and O–H groups in total. The second-order valence-corrected chi connectivity index (χ2v) is 14.8. The Hall–Kier alpha value is -3.29. The number of fused-ring (bicyclic) bond motifs is 1. The maximum Gasteiger partial charge on any atom is 0.260 e. The molecule has 0 bridgehead atoms. The van der Waals surface area contributed by atoms with Crippen LogP contribution in [-0.2, 0) is 21.3 Å². The molecule has 0 radical (unpaired) electrons. The van der Waals surface area contributed by atoms with Crippen LogP contribution < -0.4 is 16.2 Å². The van der Waals surface area contributed by atoms with Crippen LogP contribution in [0.25, 0.3) is 22.2 Å². The van der Waals surface area contributed by atoms with Gasteiger partial charge in [-0.05, 0) is 53.6 Å². The van der Waals surface area contributed by atoms with Crippen LogP contribution in [0, 0.1) is 0 Å². The monoisotopic (exact) mass is 634 g/mol. The minimum atomic E-state index is -3.43. The number of hydrogen-bond donors (Lipinski definition) is 2. The van der Waals surface area contributed by atoms with Crippen molar-refractivity contribution < 1.29 is 13.2 Å². The van der Waals surface area contributed by atoms with Gasteiger partial charge in [-0.1, -0.05) is 36.4 Å². The molecule has 0 saturated carbocycles.